The molecule has 0 fully saturated rings. The zero-order chi connectivity index (χ0) is 36.7. The van der Waals surface area contributed by atoms with Gasteiger partial charge in [-0.15, -0.1) is 0 Å². The largest absolute Gasteiger partial charge is 0.456 e. The Morgan fingerprint density at radius 2 is 0.857 bits per heavy atom. The van der Waals surface area contributed by atoms with E-state index in [9.17, 15) is 0 Å². The molecule has 0 radical (unpaired) electrons. The first kappa shape index (κ1) is 30.8. The van der Waals surface area contributed by atoms with Crippen molar-refractivity contribution in [2.45, 2.75) is 0 Å². The molecule has 9 aromatic carbocycles. The fourth-order valence-corrected chi connectivity index (χ4v) is 8.45. The first-order valence-electron chi connectivity index (χ1n) is 18.8. The third-order valence-electron chi connectivity index (χ3n) is 11.1. The van der Waals surface area contributed by atoms with Gasteiger partial charge in [-0.1, -0.05) is 140 Å². The van der Waals surface area contributed by atoms with E-state index >= 15 is 0 Å². The lowest BCUT2D eigenvalue weighted by molar-refractivity contribution is 0.669. The van der Waals surface area contributed by atoms with Crippen molar-refractivity contribution < 1.29 is 8.83 Å². The maximum Gasteiger partial charge on any atom is 0.164 e. The maximum absolute atomic E-state index is 6.56. The van der Waals surface area contributed by atoms with E-state index in [1.807, 2.05) is 48.5 Å². The van der Waals surface area contributed by atoms with Crippen molar-refractivity contribution in [3.8, 4) is 45.3 Å². The van der Waals surface area contributed by atoms with Crippen LogP contribution < -0.4 is 0 Å². The van der Waals surface area contributed by atoms with Crippen LogP contribution in [0.25, 0.3) is 121 Å². The van der Waals surface area contributed by atoms with E-state index in [0.29, 0.717) is 17.5 Å². The van der Waals surface area contributed by atoms with Crippen LogP contribution in [0.4, 0.5) is 0 Å². The van der Waals surface area contributed by atoms with E-state index in [2.05, 4.69) is 127 Å². The molecule has 12 rings (SSSR count). The van der Waals surface area contributed by atoms with Crippen LogP contribution in [-0.2, 0) is 0 Å². The molecule has 5 nitrogen and oxygen atoms in total. The topological polar surface area (TPSA) is 65.0 Å². The Balaban J connectivity index is 1.10. The van der Waals surface area contributed by atoms with Crippen molar-refractivity contribution in [2.24, 2.45) is 0 Å². The van der Waals surface area contributed by atoms with Gasteiger partial charge in [-0.05, 0) is 74.5 Å². The molecule has 260 valence electrons. The number of hydrogen-bond donors (Lipinski definition) is 0. The number of benzene rings is 9. The van der Waals surface area contributed by atoms with Crippen LogP contribution in [0.1, 0.15) is 0 Å². The summed E-state index contributed by atoms with van der Waals surface area (Å²) in [6, 6.07) is 61.0. The molecule has 0 aliphatic rings. The van der Waals surface area contributed by atoms with Crippen LogP contribution in [0, 0.1) is 0 Å². The molecule has 0 amide bonds. The molecule has 56 heavy (non-hydrogen) atoms. The summed E-state index contributed by atoms with van der Waals surface area (Å²) < 4.78 is 12.9. The Kier molecular flexibility index (Phi) is 6.56. The minimum Gasteiger partial charge on any atom is -0.456 e. The summed E-state index contributed by atoms with van der Waals surface area (Å²) in [5, 5.41) is 10.9. The molecule has 0 aliphatic carbocycles. The van der Waals surface area contributed by atoms with Gasteiger partial charge in [0, 0.05) is 43.6 Å². The summed E-state index contributed by atoms with van der Waals surface area (Å²) in [6.07, 6.45) is 0. The highest BCUT2D eigenvalue weighted by Crippen LogP contribution is 2.42. The molecule has 0 saturated heterocycles. The summed E-state index contributed by atoms with van der Waals surface area (Å²) in [4.78, 5) is 15.7. The number of para-hydroxylation sites is 2. The lowest BCUT2D eigenvalue weighted by atomic mass is 9.95. The fraction of sp³-hybridized carbons (Fsp3) is 0. The second kappa shape index (κ2) is 11.9. The van der Waals surface area contributed by atoms with Crippen LogP contribution in [-0.4, -0.2) is 15.0 Å². The van der Waals surface area contributed by atoms with Gasteiger partial charge in [0.1, 0.15) is 22.3 Å². The first-order valence-corrected chi connectivity index (χ1v) is 18.8. The highest BCUT2D eigenvalue weighted by atomic mass is 16.3. The van der Waals surface area contributed by atoms with E-state index in [4.69, 9.17) is 23.8 Å². The maximum atomic E-state index is 6.56. The average molecular weight is 716 g/mol. The number of hydrogen-bond acceptors (Lipinski definition) is 5. The van der Waals surface area contributed by atoms with Gasteiger partial charge >= 0.3 is 0 Å². The van der Waals surface area contributed by atoms with E-state index in [-0.39, 0.29) is 0 Å². The standard InChI is InChI=1S/C51H29N3O2/c1-2-11-30(12-3-1)31-21-22-33-28-34(24-23-32(33)27-31)49-52-50(54-51(53-49)41-17-10-20-45-46(41)39-15-6-8-18-43(39)55-45)35-25-26-37-36-13-4-5-14-38(36)48-47(42(37)29-35)40-16-7-9-19-44(40)56-48/h1-29H. The zero-order valence-electron chi connectivity index (χ0n) is 29.9. The summed E-state index contributed by atoms with van der Waals surface area (Å²) in [6.45, 7) is 0. The molecular formula is C51H29N3O2. The molecule has 3 heterocycles. The van der Waals surface area contributed by atoms with E-state index in [1.54, 1.807) is 0 Å². The normalized spacial score (nSPS) is 11.9. The van der Waals surface area contributed by atoms with E-state index in [1.165, 1.54) is 11.1 Å². The summed E-state index contributed by atoms with van der Waals surface area (Å²) >= 11 is 0. The zero-order valence-corrected chi connectivity index (χ0v) is 29.9. The Labute approximate surface area is 320 Å². The molecule has 0 saturated carbocycles. The number of fused-ring (bicyclic) bond motifs is 12. The van der Waals surface area contributed by atoms with Gasteiger partial charge in [-0.25, -0.2) is 15.0 Å². The van der Waals surface area contributed by atoms with Crippen LogP contribution >= 0.6 is 0 Å². The third-order valence-corrected chi connectivity index (χ3v) is 11.1. The minimum atomic E-state index is 0.583. The van der Waals surface area contributed by atoms with Gasteiger partial charge < -0.3 is 8.83 Å². The number of aromatic nitrogens is 3. The van der Waals surface area contributed by atoms with Crippen LogP contribution in [0.3, 0.4) is 0 Å². The second-order valence-electron chi connectivity index (χ2n) is 14.3. The first-order chi connectivity index (χ1) is 27.7. The SMILES string of the molecule is c1ccc(-c2ccc3cc(-c4nc(-c5ccc6c7ccccc7c7oc8ccccc8c7c6c5)nc(-c5cccc6oc7ccccc7c56)n4)ccc3c2)cc1. The van der Waals surface area contributed by atoms with Crippen molar-refractivity contribution in [1.29, 1.82) is 0 Å². The molecular weight excluding hydrogens is 687 g/mol. The molecule has 0 unspecified atom stereocenters. The predicted octanol–water partition coefficient (Wildman–Crippen LogP) is 13.8. The van der Waals surface area contributed by atoms with E-state index in [0.717, 1.165) is 92.9 Å². The summed E-state index contributed by atoms with van der Waals surface area (Å²) in [7, 11) is 0. The van der Waals surface area contributed by atoms with Gasteiger partial charge in [0.15, 0.2) is 17.5 Å². The van der Waals surface area contributed by atoms with Gasteiger partial charge in [0.2, 0.25) is 0 Å². The number of rotatable bonds is 4. The molecule has 0 atom stereocenters. The van der Waals surface area contributed by atoms with Crippen molar-refractivity contribution in [3.05, 3.63) is 176 Å². The molecule has 0 spiro atoms. The smallest absolute Gasteiger partial charge is 0.164 e. The van der Waals surface area contributed by atoms with Gasteiger partial charge in [0.25, 0.3) is 0 Å². The Bertz CT molecular complexity index is 3550. The molecule has 0 bridgehead atoms. The molecule has 0 aliphatic heterocycles. The van der Waals surface area contributed by atoms with Crippen molar-refractivity contribution in [2.75, 3.05) is 0 Å². The van der Waals surface area contributed by atoms with Crippen molar-refractivity contribution in [1.82, 2.24) is 15.0 Å². The molecule has 12 aromatic rings. The highest BCUT2D eigenvalue weighted by molar-refractivity contribution is 6.30. The Hall–Kier alpha value is -7.63. The summed E-state index contributed by atoms with van der Waals surface area (Å²) in [5.41, 5.74) is 8.42. The lowest BCUT2D eigenvalue weighted by Crippen LogP contribution is -2.00. The predicted molar refractivity (Wildman–Crippen MR) is 229 cm³/mol. The Morgan fingerprint density at radius 1 is 0.304 bits per heavy atom. The Morgan fingerprint density at radius 3 is 1.64 bits per heavy atom. The van der Waals surface area contributed by atoms with Gasteiger partial charge in [0.05, 0.1) is 0 Å². The monoisotopic (exact) mass is 715 g/mol. The lowest BCUT2D eigenvalue weighted by Gasteiger charge is -2.12. The van der Waals surface area contributed by atoms with Crippen LogP contribution in [0.5, 0.6) is 0 Å². The third kappa shape index (κ3) is 4.71. The van der Waals surface area contributed by atoms with Crippen molar-refractivity contribution in [3.63, 3.8) is 0 Å². The van der Waals surface area contributed by atoms with Crippen LogP contribution in [0.15, 0.2) is 185 Å². The van der Waals surface area contributed by atoms with Gasteiger partial charge in [-0.3, -0.25) is 0 Å². The molecule has 3 aromatic heterocycles. The van der Waals surface area contributed by atoms with E-state index < -0.39 is 0 Å². The quantitative estimate of drug-likeness (QED) is 0.170. The molecule has 5 heteroatoms. The minimum absolute atomic E-state index is 0.583. The number of nitrogens with zero attached hydrogens (tertiary/aromatic N) is 3. The van der Waals surface area contributed by atoms with Crippen LogP contribution in [0.2, 0.25) is 0 Å². The second-order valence-corrected chi connectivity index (χ2v) is 14.3. The number of furan rings is 2. The molecule has 0 N–H and O–H groups in total. The summed E-state index contributed by atoms with van der Waals surface area (Å²) in [5.74, 6) is 1.77. The average Bonchev–Trinajstić information content (AvgIpc) is 3.86. The van der Waals surface area contributed by atoms with Gasteiger partial charge in [-0.2, -0.15) is 0 Å². The fourth-order valence-electron chi connectivity index (χ4n) is 8.45. The van der Waals surface area contributed by atoms with Crippen molar-refractivity contribution >= 4 is 76.2 Å². The highest BCUT2D eigenvalue weighted by Gasteiger charge is 2.20.